The molecule has 1 saturated heterocycles. The van der Waals surface area contributed by atoms with Gasteiger partial charge in [0.05, 0.1) is 24.8 Å². The van der Waals surface area contributed by atoms with Gasteiger partial charge in [-0.25, -0.2) is 9.59 Å². The second-order valence-electron chi connectivity index (χ2n) is 7.61. The van der Waals surface area contributed by atoms with Gasteiger partial charge in [-0.2, -0.15) is 0 Å². The lowest BCUT2D eigenvalue weighted by atomic mass is 9.86. The fourth-order valence-corrected chi connectivity index (χ4v) is 3.98. The number of phenolic OH excluding ortho intramolecular Hbond substituents is 5. The van der Waals surface area contributed by atoms with Crippen LogP contribution >= 0.6 is 0 Å². The van der Waals surface area contributed by atoms with Gasteiger partial charge in [-0.05, 0) is 18.2 Å². The molecule has 1 fully saturated rings. The Hall–Kier alpha value is -3.94. The first-order chi connectivity index (χ1) is 16.1. The van der Waals surface area contributed by atoms with E-state index in [-0.39, 0.29) is 16.9 Å². The first kappa shape index (κ1) is 23.2. The van der Waals surface area contributed by atoms with Gasteiger partial charge in [-0.3, -0.25) is 0 Å². The lowest BCUT2D eigenvalue weighted by Gasteiger charge is -2.45. The fraction of sp³-hybridized carbons (Fsp3) is 0.333. The highest BCUT2D eigenvalue weighted by molar-refractivity contribution is 5.95. The molecule has 13 nitrogen and oxygen atoms in total. The van der Waals surface area contributed by atoms with Crippen molar-refractivity contribution in [1.82, 2.24) is 0 Å². The molecule has 0 unspecified atom stereocenters. The van der Waals surface area contributed by atoms with Crippen molar-refractivity contribution in [3.05, 3.63) is 34.9 Å². The summed E-state index contributed by atoms with van der Waals surface area (Å²) in [4.78, 5) is 25.3. The first-order valence-electron chi connectivity index (χ1n) is 9.83. The zero-order valence-corrected chi connectivity index (χ0v) is 17.4. The third kappa shape index (κ3) is 3.55. The van der Waals surface area contributed by atoms with Gasteiger partial charge in [0.2, 0.25) is 5.75 Å². The van der Waals surface area contributed by atoms with E-state index in [1.54, 1.807) is 0 Å². The Morgan fingerprint density at radius 3 is 2.26 bits per heavy atom. The molecule has 0 amide bonds. The number of rotatable bonds is 4. The fourth-order valence-electron chi connectivity index (χ4n) is 3.98. The number of phenols is 5. The van der Waals surface area contributed by atoms with Crippen molar-refractivity contribution in [2.45, 2.75) is 30.5 Å². The molecular weight excluding hydrogens is 460 g/mol. The molecule has 34 heavy (non-hydrogen) atoms. The van der Waals surface area contributed by atoms with Crippen LogP contribution in [0.5, 0.6) is 34.5 Å². The molecule has 0 bridgehead atoms. The number of carbonyl (C=O) groups is 2. The number of hydrogen-bond acceptors (Lipinski definition) is 13. The van der Waals surface area contributed by atoms with Crippen molar-refractivity contribution in [3.8, 4) is 34.5 Å². The lowest BCUT2D eigenvalue weighted by Crippen LogP contribution is -2.59. The van der Waals surface area contributed by atoms with Crippen molar-refractivity contribution in [2.24, 2.45) is 0 Å². The number of aromatic hydroxyl groups is 5. The van der Waals surface area contributed by atoms with Crippen LogP contribution in [0.4, 0.5) is 0 Å². The Labute approximate surface area is 190 Å². The standard InChI is InChI=1S/C21H20O13/c1-31-16-10(25)4-7-12(15(16)28)17-19(34-21(7)30)18(14(27)11(5-22)32-17)33-20(29)6-2-8(23)13(26)9(24)3-6/h2-4,11,14,17-19,22-28H,5H2,1H3/t11-,14-,17-,18+,19+/m0/s1. The normalized spacial score (nSPS) is 25.6. The molecule has 13 heteroatoms. The SMILES string of the molecule is COc1c(O)cc2c(c1O)[C@@H]1O[C@@H](CO)[C@H](O)[C@@H](OC(=O)c3cc(O)c(O)c(O)c3)[C@@H]1OC2=O. The molecule has 7 N–H and O–H groups in total. The molecule has 2 heterocycles. The second kappa shape index (κ2) is 8.44. The van der Waals surface area contributed by atoms with E-state index in [0.717, 1.165) is 25.3 Å². The van der Waals surface area contributed by atoms with Crippen LogP contribution in [-0.2, 0) is 14.2 Å². The molecule has 0 saturated carbocycles. The summed E-state index contributed by atoms with van der Waals surface area (Å²) in [5.74, 6) is -6.32. The lowest BCUT2D eigenvalue weighted by molar-refractivity contribution is -0.235. The number of hydrogen-bond donors (Lipinski definition) is 7. The minimum absolute atomic E-state index is 0.178. The van der Waals surface area contributed by atoms with E-state index in [0.29, 0.717) is 0 Å². The van der Waals surface area contributed by atoms with Gasteiger partial charge in [-0.1, -0.05) is 0 Å². The van der Waals surface area contributed by atoms with Gasteiger partial charge >= 0.3 is 11.9 Å². The van der Waals surface area contributed by atoms with E-state index in [1.165, 1.54) is 0 Å². The number of esters is 2. The molecule has 2 aliphatic heterocycles. The van der Waals surface area contributed by atoms with Crippen LogP contribution in [0.15, 0.2) is 18.2 Å². The van der Waals surface area contributed by atoms with Crippen molar-refractivity contribution >= 4 is 11.9 Å². The third-order valence-electron chi connectivity index (χ3n) is 5.62. The number of ether oxygens (including phenoxy) is 4. The highest BCUT2D eigenvalue weighted by Gasteiger charge is 2.54. The van der Waals surface area contributed by atoms with Crippen LogP contribution < -0.4 is 4.74 Å². The third-order valence-corrected chi connectivity index (χ3v) is 5.62. The summed E-state index contributed by atoms with van der Waals surface area (Å²) in [7, 11) is 1.16. The molecule has 0 spiro atoms. The van der Waals surface area contributed by atoms with Gasteiger partial charge < -0.3 is 54.7 Å². The van der Waals surface area contributed by atoms with Crippen molar-refractivity contribution in [1.29, 1.82) is 0 Å². The van der Waals surface area contributed by atoms with E-state index in [4.69, 9.17) is 18.9 Å². The summed E-state index contributed by atoms with van der Waals surface area (Å²) >= 11 is 0. The highest BCUT2D eigenvalue weighted by atomic mass is 16.6. The molecule has 0 aromatic heterocycles. The Bertz CT molecular complexity index is 1140. The van der Waals surface area contributed by atoms with Gasteiger partial charge in [0.25, 0.3) is 0 Å². The Balaban J connectivity index is 1.75. The monoisotopic (exact) mass is 480 g/mol. The predicted molar refractivity (Wildman–Crippen MR) is 107 cm³/mol. The van der Waals surface area contributed by atoms with E-state index < -0.39 is 83.4 Å². The highest BCUT2D eigenvalue weighted by Crippen LogP contribution is 2.50. The largest absolute Gasteiger partial charge is 0.504 e. The topological polar surface area (TPSA) is 213 Å². The molecule has 4 rings (SSSR count). The van der Waals surface area contributed by atoms with Crippen LogP contribution in [0.3, 0.4) is 0 Å². The summed E-state index contributed by atoms with van der Waals surface area (Å²) in [5, 5.41) is 69.8. The maximum Gasteiger partial charge on any atom is 0.339 e. The van der Waals surface area contributed by atoms with Gasteiger partial charge in [0, 0.05) is 5.56 Å². The second-order valence-corrected chi connectivity index (χ2v) is 7.61. The zero-order chi connectivity index (χ0) is 24.9. The average Bonchev–Trinajstić information content (AvgIpc) is 2.79. The Kier molecular flexibility index (Phi) is 5.77. The van der Waals surface area contributed by atoms with Crippen molar-refractivity contribution in [2.75, 3.05) is 13.7 Å². The van der Waals surface area contributed by atoms with E-state index in [9.17, 15) is 45.3 Å². The first-order valence-corrected chi connectivity index (χ1v) is 9.83. The van der Waals surface area contributed by atoms with Crippen LogP contribution in [0.1, 0.15) is 32.4 Å². The average molecular weight is 480 g/mol. The number of carbonyl (C=O) groups excluding carboxylic acids is 2. The zero-order valence-electron chi connectivity index (χ0n) is 17.4. The predicted octanol–water partition coefficient (Wildman–Crippen LogP) is -0.219. The molecule has 0 aliphatic carbocycles. The minimum atomic E-state index is -1.70. The molecule has 182 valence electrons. The van der Waals surface area contributed by atoms with Crippen molar-refractivity contribution in [3.63, 3.8) is 0 Å². The number of benzene rings is 2. The number of fused-ring (bicyclic) bond motifs is 3. The van der Waals surface area contributed by atoms with E-state index in [1.807, 2.05) is 0 Å². The van der Waals surface area contributed by atoms with Gasteiger partial charge in [0.1, 0.15) is 18.3 Å². The van der Waals surface area contributed by atoms with Gasteiger partial charge in [0.15, 0.2) is 41.0 Å². The van der Waals surface area contributed by atoms with Crippen LogP contribution in [0.2, 0.25) is 0 Å². The summed E-state index contributed by atoms with van der Waals surface area (Å²) in [6.45, 7) is -0.752. The molecular formula is C21H20O13. The maximum atomic E-state index is 12.7. The smallest absolute Gasteiger partial charge is 0.339 e. The summed E-state index contributed by atoms with van der Waals surface area (Å²) in [6, 6.07) is 2.58. The molecule has 2 aromatic rings. The molecule has 2 aliphatic rings. The van der Waals surface area contributed by atoms with Crippen molar-refractivity contribution < 1.29 is 64.3 Å². The Morgan fingerprint density at radius 1 is 1.03 bits per heavy atom. The molecule has 0 radical (unpaired) electrons. The van der Waals surface area contributed by atoms with Gasteiger partial charge in [-0.15, -0.1) is 0 Å². The van der Waals surface area contributed by atoms with Crippen LogP contribution in [0.25, 0.3) is 0 Å². The van der Waals surface area contributed by atoms with Crippen LogP contribution in [-0.4, -0.2) is 85.8 Å². The maximum absolute atomic E-state index is 12.7. The summed E-state index contributed by atoms with van der Waals surface area (Å²) < 4.78 is 21.2. The molecule has 5 atom stereocenters. The Morgan fingerprint density at radius 2 is 1.68 bits per heavy atom. The summed E-state index contributed by atoms with van der Waals surface area (Å²) in [6.07, 6.45) is -7.57. The number of methoxy groups -OCH3 is 1. The minimum Gasteiger partial charge on any atom is -0.504 e. The molecule has 2 aromatic carbocycles. The van der Waals surface area contributed by atoms with E-state index in [2.05, 4.69) is 0 Å². The summed E-state index contributed by atoms with van der Waals surface area (Å²) in [5.41, 5.74) is -0.869. The van der Waals surface area contributed by atoms with Crippen LogP contribution in [0, 0.1) is 0 Å². The quantitative estimate of drug-likeness (QED) is 0.223. The number of aliphatic hydroxyl groups is 2. The van der Waals surface area contributed by atoms with E-state index >= 15 is 0 Å². The number of aliphatic hydroxyl groups excluding tert-OH is 2.